The zero-order valence-corrected chi connectivity index (χ0v) is 14.4. The largest absolute Gasteiger partial charge is 0.370 e. The van der Waals surface area contributed by atoms with Crippen LogP contribution in [0.5, 0.6) is 0 Å². The minimum absolute atomic E-state index is 0.0901. The number of carbonyl (C=O) groups is 1. The molecule has 0 saturated carbocycles. The topological polar surface area (TPSA) is 85.9 Å². The molecule has 0 unspecified atom stereocenters. The molecule has 1 fully saturated rings. The lowest BCUT2D eigenvalue weighted by molar-refractivity contribution is -0.909. The van der Waals surface area contributed by atoms with E-state index in [1.807, 2.05) is 30.3 Å². The van der Waals surface area contributed by atoms with Crippen LogP contribution in [0, 0.1) is 10.1 Å². The summed E-state index contributed by atoms with van der Waals surface area (Å²) in [6, 6.07) is 15.4. The molecule has 136 valence electrons. The summed E-state index contributed by atoms with van der Waals surface area (Å²) in [6.07, 6.45) is 0. The minimum Gasteiger partial charge on any atom is -0.370 e. The number of non-ortho nitro benzene ring substituents is 1. The smallest absolute Gasteiger partial charge is 0.270 e. The monoisotopic (exact) mass is 356 g/mol. The summed E-state index contributed by atoms with van der Waals surface area (Å²) < 4.78 is 5.40. The van der Waals surface area contributed by atoms with Crippen molar-refractivity contribution in [2.45, 2.75) is 6.04 Å². The first-order chi connectivity index (χ1) is 12.6. The maximum atomic E-state index is 12.7. The van der Waals surface area contributed by atoms with Crippen LogP contribution in [0.4, 0.5) is 5.69 Å². The average Bonchev–Trinajstić information content (AvgIpc) is 2.69. The molecule has 2 N–H and O–H groups in total. The van der Waals surface area contributed by atoms with E-state index in [0.717, 1.165) is 38.4 Å². The third-order valence-corrected chi connectivity index (χ3v) is 4.52. The normalized spacial score (nSPS) is 16.0. The van der Waals surface area contributed by atoms with Crippen molar-refractivity contribution in [3.05, 3.63) is 75.8 Å². The van der Waals surface area contributed by atoms with E-state index in [9.17, 15) is 14.9 Å². The van der Waals surface area contributed by atoms with Gasteiger partial charge in [0, 0.05) is 17.7 Å². The molecule has 3 rings (SSSR count). The first-order valence-corrected chi connectivity index (χ1v) is 8.65. The van der Waals surface area contributed by atoms with E-state index in [2.05, 4.69) is 5.32 Å². The molecule has 2 aromatic rings. The maximum absolute atomic E-state index is 12.7. The van der Waals surface area contributed by atoms with Crippen LogP contribution in [0.25, 0.3) is 0 Å². The maximum Gasteiger partial charge on any atom is 0.270 e. The lowest BCUT2D eigenvalue weighted by atomic mass is 10.1. The molecule has 1 atom stereocenters. The fraction of sp³-hybridized carbons (Fsp3) is 0.316. The Morgan fingerprint density at radius 1 is 1.15 bits per heavy atom. The molecule has 1 heterocycles. The number of nitrogens with one attached hydrogen (secondary N) is 2. The summed E-state index contributed by atoms with van der Waals surface area (Å²) in [4.78, 5) is 24.5. The molecule has 7 nitrogen and oxygen atoms in total. The molecule has 1 saturated heterocycles. The number of nitro benzene ring substituents is 1. The molecule has 0 spiro atoms. The van der Waals surface area contributed by atoms with E-state index in [1.54, 1.807) is 6.07 Å². The Balaban J connectivity index is 1.77. The van der Waals surface area contributed by atoms with Crippen molar-refractivity contribution < 1.29 is 19.4 Å². The van der Waals surface area contributed by atoms with Gasteiger partial charge in [0.1, 0.15) is 25.7 Å². The van der Waals surface area contributed by atoms with Gasteiger partial charge in [-0.25, -0.2) is 0 Å². The molecule has 26 heavy (non-hydrogen) atoms. The van der Waals surface area contributed by atoms with Crippen molar-refractivity contribution in [1.29, 1.82) is 0 Å². The highest BCUT2D eigenvalue weighted by Gasteiger charge is 2.23. The van der Waals surface area contributed by atoms with Gasteiger partial charge in [0.05, 0.1) is 18.1 Å². The number of hydrogen-bond donors (Lipinski definition) is 2. The number of rotatable bonds is 6. The summed E-state index contributed by atoms with van der Waals surface area (Å²) >= 11 is 0. The van der Waals surface area contributed by atoms with E-state index in [1.165, 1.54) is 23.1 Å². The first-order valence-electron chi connectivity index (χ1n) is 8.65. The van der Waals surface area contributed by atoms with E-state index >= 15 is 0 Å². The predicted molar refractivity (Wildman–Crippen MR) is 96.1 cm³/mol. The van der Waals surface area contributed by atoms with Crippen LogP contribution in [-0.4, -0.2) is 43.7 Å². The highest BCUT2D eigenvalue weighted by atomic mass is 16.6. The molecule has 1 aliphatic rings. The number of benzene rings is 2. The molecule has 7 heteroatoms. The molecule has 0 radical (unpaired) electrons. The lowest BCUT2D eigenvalue weighted by Gasteiger charge is -2.28. The summed E-state index contributed by atoms with van der Waals surface area (Å²) in [7, 11) is 0. The second-order valence-corrected chi connectivity index (χ2v) is 6.31. The van der Waals surface area contributed by atoms with Gasteiger partial charge in [-0.15, -0.1) is 0 Å². The highest BCUT2D eigenvalue weighted by molar-refractivity contribution is 5.95. The number of ether oxygens (including phenoxy) is 1. The van der Waals surface area contributed by atoms with Gasteiger partial charge in [0.2, 0.25) is 0 Å². The average molecular weight is 356 g/mol. The van der Waals surface area contributed by atoms with Gasteiger partial charge in [-0.2, -0.15) is 0 Å². The molecular formula is C19H22N3O4+. The molecular weight excluding hydrogens is 334 g/mol. The van der Waals surface area contributed by atoms with Gasteiger partial charge in [-0.1, -0.05) is 36.4 Å². The van der Waals surface area contributed by atoms with Crippen molar-refractivity contribution in [3.63, 3.8) is 0 Å². The first kappa shape index (κ1) is 18.0. The van der Waals surface area contributed by atoms with Crippen LogP contribution < -0.4 is 10.2 Å². The number of hydrogen-bond acceptors (Lipinski definition) is 4. The molecule has 0 aliphatic carbocycles. The van der Waals surface area contributed by atoms with Crippen LogP contribution in [0.1, 0.15) is 22.0 Å². The summed E-state index contributed by atoms with van der Waals surface area (Å²) in [5, 5.41) is 14.0. The zero-order chi connectivity index (χ0) is 18.4. The number of morpholine rings is 1. The van der Waals surface area contributed by atoms with Crippen molar-refractivity contribution in [1.82, 2.24) is 5.32 Å². The van der Waals surface area contributed by atoms with Crippen molar-refractivity contribution in [2.24, 2.45) is 0 Å². The van der Waals surface area contributed by atoms with Crippen LogP contribution >= 0.6 is 0 Å². The van der Waals surface area contributed by atoms with Crippen LogP contribution in [0.2, 0.25) is 0 Å². The Hall–Kier alpha value is -2.77. The molecule has 1 amide bonds. The van der Waals surface area contributed by atoms with Gasteiger partial charge in [-0.05, 0) is 11.6 Å². The number of carbonyl (C=O) groups excluding carboxylic acids is 1. The van der Waals surface area contributed by atoms with Crippen LogP contribution in [-0.2, 0) is 4.74 Å². The van der Waals surface area contributed by atoms with Gasteiger partial charge >= 0.3 is 0 Å². The quantitative estimate of drug-likeness (QED) is 0.597. The second-order valence-electron chi connectivity index (χ2n) is 6.31. The second kappa shape index (κ2) is 8.55. The van der Waals surface area contributed by atoms with Crippen molar-refractivity contribution in [3.8, 4) is 0 Å². The number of amides is 1. The van der Waals surface area contributed by atoms with Gasteiger partial charge in [0.25, 0.3) is 11.6 Å². The third-order valence-electron chi connectivity index (χ3n) is 4.52. The molecule has 0 bridgehead atoms. The predicted octanol–water partition coefficient (Wildman–Crippen LogP) is 0.981. The number of nitro groups is 1. The van der Waals surface area contributed by atoms with Crippen molar-refractivity contribution in [2.75, 3.05) is 32.8 Å². The van der Waals surface area contributed by atoms with E-state index in [0.29, 0.717) is 0 Å². The van der Waals surface area contributed by atoms with E-state index < -0.39 is 4.92 Å². The fourth-order valence-electron chi connectivity index (χ4n) is 3.09. The van der Waals surface area contributed by atoms with Crippen LogP contribution in [0.3, 0.4) is 0 Å². The molecule has 2 aromatic carbocycles. The van der Waals surface area contributed by atoms with E-state index in [-0.39, 0.29) is 23.2 Å². The minimum atomic E-state index is -0.497. The Kier molecular flexibility index (Phi) is 5.93. The fourth-order valence-corrected chi connectivity index (χ4v) is 3.09. The van der Waals surface area contributed by atoms with E-state index in [4.69, 9.17) is 4.74 Å². The van der Waals surface area contributed by atoms with Gasteiger partial charge in [0.15, 0.2) is 0 Å². The third kappa shape index (κ3) is 4.65. The van der Waals surface area contributed by atoms with Crippen molar-refractivity contribution >= 4 is 11.6 Å². The van der Waals surface area contributed by atoms with Gasteiger partial charge < -0.3 is 15.0 Å². The Morgan fingerprint density at radius 2 is 1.88 bits per heavy atom. The Morgan fingerprint density at radius 3 is 2.58 bits per heavy atom. The highest BCUT2D eigenvalue weighted by Crippen LogP contribution is 2.16. The summed E-state index contributed by atoms with van der Waals surface area (Å²) in [5.74, 6) is -0.310. The molecule has 1 aliphatic heterocycles. The molecule has 0 aromatic heterocycles. The SMILES string of the molecule is O=C(N[C@H](C[NH+]1CCOCC1)c1ccccc1)c1cccc([N+](=O)[O-])c1. The van der Waals surface area contributed by atoms with Crippen LogP contribution in [0.15, 0.2) is 54.6 Å². The Labute approximate surface area is 151 Å². The number of nitrogens with zero attached hydrogens (tertiary/aromatic N) is 1. The number of quaternary nitrogens is 1. The zero-order valence-electron chi connectivity index (χ0n) is 14.4. The van der Waals surface area contributed by atoms with Gasteiger partial charge in [-0.3, -0.25) is 14.9 Å². The lowest BCUT2D eigenvalue weighted by Crippen LogP contribution is -3.14. The summed E-state index contributed by atoms with van der Waals surface area (Å²) in [6.45, 7) is 3.98. The summed E-state index contributed by atoms with van der Waals surface area (Å²) in [5.41, 5.74) is 1.22. The Bertz CT molecular complexity index is 760. The standard InChI is InChI=1S/C19H21N3O4/c23-19(16-7-4-8-17(13-16)22(24)25)20-18(15-5-2-1-3-6-15)14-21-9-11-26-12-10-21/h1-8,13,18H,9-12,14H2,(H,20,23)/p+1/t18-/m1/s1.